The van der Waals surface area contributed by atoms with Gasteiger partial charge in [-0.3, -0.25) is 5.41 Å². The molecule has 1 atom stereocenters. The molecule has 1 fully saturated rings. The van der Waals surface area contributed by atoms with Crippen LogP contribution < -0.4 is 10.6 Å². The number of aliphatic hydroxyl groups excluding tert-OH is 1. The van der Waals surface area contributed by atoms with E-state index in [1.54, 1.807) is 6.07 Å². The molecule has 0 bridgehead atoms. The molecule has 7 heteroatoms. The van der Waals surface area contributed by atoms with Crippen molar-refractivity contribution in [3.63, 3.8) is 0 Å². The van der Waals surface area contributed by atoms with Crippen LogP contribution in [0.2, 0.25) is 0 Å². The van der Waals surface area contributed by atoms with Gasteiger partial charge in [0.2, 0.25) is 0 Å². The van der Waals surface area contributed by atoms with E-state index in [0.29, 0.717) is 31.1 Å². The number of hydrogen-bond acceptors (Lipinski definition) is 3. The van der Waals surface area contributed by atoms with Gasteiger partial charge in [-0.05, 0) is 37.0 Å². The van der Waals surface area contributed by atoms with Crippen molar-refractivity contribution in [3.05, 3.63) is 29.3 Å². The molecule has 21 heavy (non-hydrogen) atoms. The largest absolute Gasteiger partial charge is 0.417 e. The standard InChI is InChI=1S/C14H18F3N3O/c15-14(16,17)12-7-10(1-2-11(12)13(18)19)20-5-3-9(8-20)4-6-21/h1-2,7,9,21H,3-6,8H2,(H3,18,19). The van der Waals surface area contributed by atoms with Crippen LogP contribution in [-0.2, 0) is 6.18 Å². The molecule has 0 spiro atoms. The topological polar surface area (TPSA) is 73.3 Å². The average Bonchev–Trinajstić information content (AvgIpc) is 2.86. The van der Waals surface area contributed by atoms with Crippen LogP contribution in [0.4, 0.5) is 18.9 Å². The molecule has 0 saturated carbocycles. The molecule has 1 saturated heterocycles. The van der Waals surface area contributed by atoms with Crippen LogP contribution in [0.1, 0.15) is 24.0 Å². The van der Waals surface area contributed by atoms with Gasteiger partial charge in [-0.15, -0.1) is 0 Å². The molecule has 0 radical (unpaired) electrons. The van der Waals surface area contributed by atoms with E-state index in [1.807, 2.05) is 4.90 Å². The Morgan fingerprint density at radius 2 is 2.14 bits per heavy atom. The van der Waals surface area contributed by atoms with Gasteiger partial charge < -0.3 is 15.7 Å². The molecule has 4 nitrogen and oxygen atoms in total. The first-order valence-corrected chi connectivity index (χ1v) is 6.74. The number of amidine groups is 1. The number of halogens is 3. The third-order valence-electron chi connectivity index (χ3n) is 3.79. The van der Waals surface area contributed by atoms with Crippen molar-refractivity contribution in [2.75, 3.05) is 24.6 Å². The molecule has 0 aliphatic carbocycles. The molecule has 1 aliphatic heterocycles. The fourth-order valence-corrected chi connectivity index (χ4v) is 2.68. The summed E-state index contributed by atoms with van der Waals surface area (Å²) in [5.74, 6) is -0.287. The average molecular weight is 301 g/mol. The predicted octanol–water partition coefficient (Wildman–Crippen LogP) is 2.20. The minimum Gasteiger partial charge on any atom is -0.396 e. The monoisotopic (exact) mass is 301 g/mol. The van der Waals surface area contributed by atoms with Gasteiger partial charge in [-0.2, -0.15) is 13.2 Å². The summed E-state index contributed by atoms with van der Waals surface area (Å²) in [7, 11) is 0. The van der Waals surface area contributed by atoms with Crippen LogP contribution in [0, 0.1) is 11.3 Å². The van der Waals surface area contributed by atoms with Crippen molar-refractivity contribution in [2.24, 2.45) is 11.7 Å². The van der Waals surface area contributed by atoms with Gasteiger partial charge in [0.15, 0.2) is 0 Å². The van der Waals surface area contributed by atoms with Gasteiger partial charge in [0, 0.05) is 30.9 Å². The van der Waals surface area contributed by atoms with E-state index in [2.05, 4.69) is 0 Å². The van der Waals surface area contributed by atoms with Crippen LogP contribution in [0.5, 0.6) is 0 Å². The van der Waals surface area contributed by atoms with Crippen molar-refractivity contribution < 1.29 is 18.3 Å². The quantitative estimate of drug-likeness (QED) is 0.589. The van der Waals surface area contributed by atoms with Crippen LogP contribution in [0.15, 0.2) is 18.2 Å². The highest BCUT2D eigenvalue weighted by atomic mass is 19.4. The number of nitrogens with one attached hydrogen (secondary N) is 1. The molecular weight excluding hydrogens is 283 g/mol. The van der Waals surface area contributed by atoms with Gasteiger partial charge >= 0.3 is 6.18 Å². The number of anilines is 1. The molecule has 1 aromatic carbocycles. The second-order valence-corrected chi connectivity index (χ2v) is 5.25. The van der Waals surface area contributed by atoms with Gasteiger partial charge in [0.05, 0.1) is 5.56 Å². The lowest BCUT2D eigenvalue weighted by Crippen LogP contribution is -2.23. The van der Waals surface area contributed by atoms with Crippen LogP contribution in [0.3, 0.4) is 0 Å². The lowest BCUT2D eigenvalue weighted by atomic mass is 10.0. The van der Waals surface area contributed by atoms with Crippen molar-refractivity contribution in [2.45, 2.75) is 19.0 Å². The molecule has 1 aromatic rings. The first kappa shape index (κ1) is 15.6. The Bertz CT molecular complexity index is 531. The van der Waals surface area contributed by atoms with E-state index in [1.165, 1.54) is 6.07 Å². The highest BCUT2D eigenvalue weighted by Crippen LogP contribution is 2.35. The summed E-state index contributed by atoms with van der Waals surface area (Å²) in [4.78, 5) is 1.87. The Labute approximate surface area is 120 Å². The van der Waals surface area contributed by atoms with Crippen molar-refractivity contribution >= 4 is 11.5 Å². The van der Waals surface area contributed by atoms with Gasteiger partial charge in [0.25, 0.3) is 0 Å². The molecule has 0 amide bonds. The first-order valence-electron chi connectivity index (χ1n) is 6.74. The number of rotatable bonds is 4. The Morgan fingerprint density at radius 3 is 2.71 bits per heavy atom. The second-order valence-electron chi connectivity index (χ2n) is 5.25. The van der Waals surface area contributed by atoms with Crippen LogP contribution in [-0.4, -0.2) is 30.6 Å². The Kier molecular flexibility index (Phi) is 4.41. The first-order chi connectivity index (χ1) is 9.82. The number of nitrogens with two attached hydrogens (primary N) is 1. The van der Waals surface area contributed by atoms with Gasteiger partial charge in [-0.25, -0.2) is 0 Å². The maximum Gasteiger partial charge on any atom is 0.417 e. The number of alkyl halides is 3. The number of nitrogen functional groups attached to an aromatic ring is 1. The third-order valence-corrected chi connectivity index (χ3v) is 3.79. The molecule has 1 unspecified atom stereocenters. The van der Waals surface area contributed by atoms with E-state index in [9.17, 15) is 13.2 Å². The highest BCUT2D eigenvalue weighted by Gasteiger charge is 2.35. The number of aliphatic hydroxyl groups is 1. The van der Waals surface area contributed by atoms with E-state index < -0.39 is 17.6 Å². The van der Waals surface area contributed by atoms with E-state index >= 15 is 0 Å². The van der Waals surface area contributed by atoms with E-state index in [4.69, 9.17) is 16.2 Å². The summed E-state index contributed by atoms with van der Waals surface area (Å²) in [6.45, 7) is 1.40. The predicted molar refractivity (Wildman–Crippen MR) is 74.5 cm³/mol. The summed E-state index contributed by atoms with van der Waals surface area (Å²) >= 11 is 0. The Balaban J connectivity index is 2.29. The normalized spacial score (nSPS) is 19.0. The Morgan fingerprint density at radius 1 is 1.43 bits per heavy atom. The number of hydrogen-bond donors (Lipinski definition) is 3. The molecule has 1 heterocycles. The fourth-order valence-electron chi connectivity index (χ4n) is 2.68. The summed E-state index contributed by atoms with van der Waals surface area (Å²) in [5.41, 5.74) is 4.53. The SMILES string of the molecule is N=C(N)c1ccc(N2CCC(CCO)C2)cc1C(F)(F)F. The second kappa shape index (κ2) is 5.93. The zero-order valence-electron chi connectivity index (χ0n) is 11.5. The number of benzene rings is 1. The van der Waals surface area contributed by atoms with Gasteiger partial charge in [-0.1, -0.05) is 0 Å². The lowest BCUT2D eigenvalue weighted by molar-refractivity contribution is -0.137. The lowest BCUT2D eigenvalue weighted by Gasteiger charge is -2.21. The molecule has 116 valence electrons. The van der Waals surface area contributed by atoms with Crippen LogP contribution in [0.25, 0.3) is 0 Å². The minimum atomic E-state index is -4.54. The maximum atomic E-state index is 13.1. The van der Waals surface area contributed by atoms with Gasteiger partial charge in [0.1, 0.15) is 5.84 Å². The number of nitrogens with zero attached hydrogens (tertiary/aromatic N) is 1. The molecule has 0 aromatic heterocycles. The summed E-state index contributed by atoms with van der Waals surface area (Å²) < 4.78 is 39.2. The summed E-state index contributed by atoms with van der Waals surface area (Å²) in [6.07, 6.45) is -3.02. The van der Waals surface area contributed by atoms with Crippen molar-refractivity contribution in [1.82, 2.24) is 0 Å². The third kappa shape index (κ3) is 3.47. The van der Waals surface area contributed by atoms with Crippen molar-refractivity contribution in [1.29, 1.82) is 5.41 Å². The Hall–Kier alpha value is -1.76. The summed E-state index contributed by atoms with van der Waals surface area (Å²) in [6, 6.07) is 3.87. The zero-order valence-corrected chi connectivity index (χ0v) is 11.5. The molecule has 2 rings (SSSR count). The molecular formula is C14H18F3N3O. The maximum absolute atomic E-state index is 13.1. The fraction of sp³-hybridized carbons (Fsp3) is 0.500. The zero-order chi connectivity index (χ0) is 15.6. The van der Waals surface area contributed by atoms with E-state index in [-0.39, 0.29) is 12.2 Å². The smallest absolute Gasteiger partial charge is 0.396 e. The summed E-state index contributed by atoms with van der Waals surface area (Å²) in [5, 5.41) is 16.2. The van der Waals surface area contributed by atoms with Crippen LogP contribution >= 0.6 is 0 Å². The highest BCUT2D eigenvalue weighted by molar-refractivity contribution is 5.97. The van der Waals surface area contributed by atoms with Crippen molar-refractivity contribution in [3.8, 4) is 0 Å². The van der Waals surface area contributed by atoms with E-state index in [0.717, 1.165) is 12.5 Å². The molecule has 4 N–H and O–H groups in total. The minimum absolute atomic E-state index is 0.0928. The molecule has 1 aliphatic rings.